The summed E-state index contributed by atoms with van der Waals surface area (Å²) in [6.07, 6.45) is 2.42. The molecule has 1 aliphatic rings. The van der Waals surface area contributed by atoms with Crippen molar-refractivity contribution < 1.29 is 23.4 Å². The number of nitrogens with zero attached hydrogens (tertiary/aromatic N) is 2. The fourth-order valence-corrected chi connectivity index (χ4v) is 3.02. The summed E-state index contributed by atoms with van der Waals surface area (Å²) in [5, 5.41) is 0. The minimum absolute atomic E-state index is 0. The molecule has 0 radical (unpaired) electrons. The van der Waals surface area contributed by atoms with E-state index in [2.05, 4.69) is 71.3 Å². The normalized spacial score (nSPS) is 18.7. The Hall–Kier alpha value is 0.0974. The molecule has 1 atom stereocenters. The van der Waals surface area contributed by atoms with Gasteiger partial charge in [-0.05, 0) is 61.4 Å². The van der Waals surface area contributed by atoms with Gasteiger partial charge < -0.3 is 4.90 Å². The molecule has 0 spiro atoms. The van der Waals surface area contributed by atoms with Crippen LogP contribution in [0.5, 0.6) is 0 Å². The Labute approximate surface area is 126 Å². The number of rotatable bonds is 5. The molecule has 0 aromatic rings. The van der Waals surface area contributed by atoms with Gasteiger partial charge in [-0.25, -0.2) is 0 Å². The summed E-state index contributed by atoms with van der Waals surface area (Å²) in [5.41, 5.74) is 1.53. The third-order valence-electron chi connectivity index (χ3n) is 3.45. The summed E-state index contributed by atoms with van der Waals surface area (Å²) < 4.78 is 2.54. The van der Waals surface area contributed by atoms with Crippen molar-refractivity contribution in [2.45, 2.75) is 85.6 Å². The van der Waals surface area contributed by atoms with E-state index in [0.29, 0.717) is 30.2 Å². The predicted octanol–water partition coefficient (Wildman–Crippen LogP) is -0.0340. The van der Waals surface area contributed by atoms with Crippen molar-refractivity contribution in [1.29, 1.82) is 0 Å². The van der Waals surface area contributed by atoms with E-state index in [1.165, 1.54) is 5.71 Å². The first-order valence-electron chi connectivity index (χ1n) is 7.04. The van der Waals surface area contributed by atoms with Crippen LogP contribution in [0.3, 0.4) is 0 Å². The van der Waals surface area contributed by atoms with Gasteiger partial charge in [-0.2, -0.15) is 0 Å². The van der Waals surface area contributed by atoms with E-state index in [1.54, 1.807) is 0 Å². The van der Waals surface area contributed by atoms with Crippen LogP contribution >= 0.6 is 0 Å². The zero-order valence-electron chi connectivity index (χ0n) is 13.9. The van der Waals surface area contributed by atoms with Gasteiger partial charge >= 0.3 is 18.9 Å². The molecule has 1 saturated carbocycles. The van der Waals surface area contributed by atoms with Crippen LogP contribution in [0.4, 0.5) is 0 Å². The SMILES string of the molecule is CC(C)N(C(C)C)C1[CH-]C1=[N+](C(C)C)C(C)C.[Li+]. The van der Waals surface area contributed by atoms with Crippen LogP contribution in [0.15, 0.2) is 0 Å². The number of hydrogen-bond donors (Lipinski definition) is 0. The second kappa shape index (κ2) is 7.03. The fraction of sp³-hybridized carbons (Fsp3) is 0.867. The van der Waals surface area contributed by atoms with Crippen molar-refractivity contribution in [2.24, 2.45) is 0 Å². The van der Waals surface area contributed by atoms with Gasteiger partial charge in [0.05, 0.1) is 0 Å². The van der Waals surface area contributed by atoms with Crippen LogP contribution in [0.25, 0.3) is 0 Å². The van der Waals surface area contributed by atoms with Gasteiger partial charge in [-0.1, -0.05) is 0 Å². The molecule has 0 aromatic heterocycles. The molecule has 0 aliphatic heterocycles. The minimum Gasteiger partial charge on any atom is -0.315 e. The Morgan fingerprint density at radius 3 is 1.56 bits per heavy atom. The van der Waals surface area contributed by atoms with Crippen molar-refractivity contribution in [1.82, 2.24) is 4.90 Å². The molecular weight excluding hydrogens is 215 g/mol. The largest absolute Gasteiger partial charge is 1.00 e. The predicted molar refractivity (Wildman–Crippen MR) is 75.7 cm³/mol. The molecule has 0 saturated heterocycles. The molecule has 100 valence electrons. The molecular formula is C15H30LiN2+. The van der Waals surface area contributed by atoms with Gasteiger partial charge in [0.25, 0.3) is 0 Å². The molecule has 0 aromatic carbocycles. The van der Waals surface area contributed by atoms with Gasteiger partial charge in [0.1, 0.15) is 12.1 Å². The van der Waals surface area contributed by atoms with Gasteiger partial charge in [-0.3, -0.25) is 11.0 Å². The monoisotopic (exact) mass is 245 g/mol. The standard InChI is InChI=1S/C15H30N2.Li/c1-10(2)16(11(3)4)14-9-15(14)17(12(5)6)13(7)8;/h9-14H,1-8H3;/q;+1. The number of hydrogen-bond acceptors (Lipinski definition) is 1. The maximum absolute atomic E-state index is 2.59. The molecule has 0 heterocycles. The maximum Gasteiger partial charge on any atom is 1.00 e. The summed E-state index contributed by atoms with van der Waals surface area (Å²) >= 11 is 0. The van der Waals surface area contributed by atoms with Crippen molar-refractivity contribution >= 4 is 5.71 Å². The molecule has 1 aliphatic carbocycles. The zero-order valence-corrected chi connectivity index (χ0v) is 13.9. The summed E-state index contributed by atoms with van der Waals surface area (Å²) in [4.78, 5) is 2.59. The first kappa shape index (κ1) is 18.1. The van der Waals surface area contributed by atoms with Crippen LogP contribution in [0.1, 0.15) is 55.4 Å². The molecule has 0 N–H and O–H groups in total. The first-order valence-corrected chi connectivity index (χ1v) is 7.04. The van der Waals surface area contributed by atoms with Crippen molar-refractivity contribution in [3.63, 3.8) is 0 Å². The Morgan fingerprint density at radius 2 is 1.28 bits per heavy atom. The first-order chi connectivity index (χ1) is 7.77. The molecule has 2 nitrogen and oxygen atoms in total. The molecule has 0 bridgehead atoms. The molecule has 18 heavy (non-hydrogen) atoms. The molecule has 0 amide bonds. The average Bonchev–Trinajstić information content (AvgIpc) is 2.81. The third-order valence-corrected chi connectivity index (χ3v) is 3.45. The van der Waals surface area contributed by atoms with Gasteiger partial charge in [0.2, 0.25) is 0 Å². The summed E-state index contributed by atoms with van der Waals surface area (Å²) in [7, 11) is 0. The summed E-state index contributed by atoms with van der Waals surface area (Å²) in [6.45, 7) is 18.3. The van der Waals surface area contributed by atoms with Crippen LogP contribution in [0, 0.1) is 6.42 Å². The molecule has 3 heteroatoms. The summed E-state index contributed by atoms with van der Waals surface area (Å²) in [5.74, 6) is 0. The Morgan fingerprint density at radius 1 is 0.889 bits per heavy atom. The quantitative estimate of drug-likeness (QED) is 0.374. The van der Waals surface area contributed by atoms with E-state index in [9.17, 15) is 0 Å². The average molecular weight is 245 g/mol. The van der Waals surface area contributed by atoms with Gasteiger partial charge in [0.15, 0.2) is 0 Å². The molecule has 1 rings (SSSR count). The zero-order chi connectivity index (χ0) is 13.3. The molecule has 1 fully saturated rings. The van der Waals surface area contributed by atoms with Crippen molar-refractivity contribution in [3.8, 4) is 0 Å². The Balaban J connectivity index is 0.00000289. The van der Waals surface area contributed by atoms with Crippen LogP contribution in [-0.4, -0.2) is 45.4 Å². The maximum atomic E-state index is 2.59. The third kappa shape index (κ3) is 4.05. The van der Waals surface area contributed by atoms with Gasteiger partial charge in [0, 0.05) is 17.8 Å². The van der Waals surface area contributed by atoms with Crippen molar-refractivity contribution in [3.05, 3.63) is 6.42 Å². The smallest absolute Gasteiger partial charge is 0.315 e. The van der Waals surface area contributed by atoms with E-state index in [4.69, 9.17) is 0 Å². The van der Waals surface area contributed by atoms with Gasteiger partial charge in [-0.15, -0.1) is 0 Å². The van der Waals surface area contributed by atoms with E-state index in [1.807, 2.05) is 0 Å². The Bertz CT molecular complexity index is 275. The van der Waals surface area contributed by atoms with Crippen LogP contribution in [0.2, 0.25) is 0 Å². The minimum atomic E-state index is 0. The van der Waals surface area contributed by atoms with E-state index in [-0.39, 0.29) is 18.9 Å². The van der Waals surface area contributed by atoms with Crippen molar-refractivity contribution in [2.75, 3.05) is 0 Å². The topological polar surface area (TPSA) is 6.25 Å². The second-order valence-electron chi connectivity index (χ2n) is 6.27. The van der Waals surface area contributed by atoms with E-state index in [0.717, 1.165) is 0 Å². The summed E-state index contributed by atoms with van der Waals surface area (Å²) in [6, 6.07) is 2.96. The van der Waals surface area contributed by atoms with Crippen LogP contribution < -0.4 is 18.9 Å². The Kier molecular flexibility index (Phi) is 7.07. The second-order valence-corrected chi connectivity index (χ2v) is 6.27. The molecule has 1 unspecified atom stereocenters. The van der Waals surface area contributed by atoms with E-state index < -0.39 is 0 Å². The van der Waals surface area contributed by atoms with E-state index >= 15 is 0 Å². The fourth-order valence-electron chi connectivity index (χ4n) is 3.02. The van der Waals surface area contributed by atoms with Crippen LogP contribution in [-0.2, 0) is 0 Å².